The molecule has 0 saturated carbocycles. The Morgan fingerprint density at radius 2 is 2.05 bits per heavy atom. The van der Waals surface area contributed by atoms with Gasteiger partial charge in [0.15, 0.2) is 0 Å². The minimum atomic E-state index is -0.140. The van der Waals surface area contributed by atoms with E-state index >= 15 is 0 Å². The molecule has 0 bridgehead atoms. The molecule has 102 valence electrons. The van der Waals surface area contributed by atoms with Gasteiger partial charge in [-0.25, -0.2) is 0 Å². The topological polar surface area (TPSA) is 81.9 Å². The first-order valence-corrected chi connectivity index (χ1v) is 6.33. The Morgan fingerprint density at radius 1 is 1.20 bits per heavy atom. The van der Waals surface area contributed by atoms with Crippen molar-refractivity contribution in [2.75, 3.05) is 0 Å². The Labute approximate surface area is 116 Å². The van der Waals surface area contributed by atoms with Crippen LogP contribution >= 0.6 is 0 Å². The van der Waals surface area contributed by atoms with E-state index in [2.05, 4.69) is 15.6 Å². The minimum absolute atomic E-state index is 0.140. The number of furan rings is 1. The predicted molar refractivity (Wildman–Crippen MR) is 73.8 cm³/mol. The molecule has 20 heavy (non-hydrogen) atoms. The van der Waals surface area contributed by atoms with Crippen LogP contribution in [0.3, 0.4) is 0 Å². The third-order valence-electron chi connectivity index (χ3n) is 3.04. The predicted octanol–water partition coefficient (Wildman–Crippen LogP) is 1.61. The normalized spacial score (nSPS) is 12.4. The van der Waals surface area contributed by atoms with Crippen LogP contribution in [0.25, 0.3) is 5.69 Å². The van der Waals surface area contributed by atoms with E-state index in [0.717, 1.165) is 17.1 Å². The summed E-state index contributed by atoms with van der Waals surface area (Å²) in [5.41, 5.74) is 4.43. The summed E-state index contributed by atoms with van der Waals surface area (Å²) >= 11 is 0. The molecule has 0 aliphatic carbocycles. The maximum atomic E-state index is 5.60. The van der Waals surface area contributed by atoms with E-state index < -0.39 is 0 Å². The lowest BCUT2D eigenvalue weighted by Gasteiger charge is -2.10. The van der Waals surface area contributed by atoms with Crippen molar-refractivity contribution in [1.29, 1.82) is 0 Å². The van der Waals surface area contributed by atoms with Gasteiger partial charge < -0.3 is 4.42 Å². The van der Waals surface area contributed by atoms with Crippen LogP contribution < -0.4 is 11.3 Å². The van der Waals surface area contributed by atoms with Crippen molar-refractivity contribution in [2.24, 2.45) is 5.84 Å². The number of para-hydroxylation sites is 1. The molecule has 0 aliphatic heterocycles. The molecule has 1 atom stereocenters. The molecule has 6 nitrogen and oxygen atoms in total. The molecule has 0 amide bonds. The largest absolute Gasteiger partial charge is 0.469 e. The Morgan fingerprint density at radius 3 is 2.75 bits per heavy atom. The van der Waals surface area contributed by atoms with Crippen molar-refractivity contribution >= 4 is 0 Å². The van der Waals surface area contributed by atoms with Crippen LogP contribution in [0, 0.1) is 0 Å². The van der Waals surface area contributed by atoms with Gasteiger partial charge in [0.1, 0.15) is 11.5 Å². The summed E-state index contributed by atoms with van der Waals surface area (Å²) < 4.78 is 5.33. The molecule has 0 aliphatic rings. The number of hydrogen-bond donors (Lipinski definition) is 2. The zero-order valence-electron chi connectivity index (χ0n) is 10.8. The fourth-order valence-electron chi connectivity index (χ4n) is 2.00. The first-order chi connectivity index (χ1) is 9.86. The monoisotopic (exact) mass is 269 g/mol. The Bertz CT molecular complexity index is 647. The highest BCUT2D eigenvalue weighted by molar-refractivity contribution is 5.28. The van der Waals surface area contributed by atoms with Gasteiger partial charge in [-0.2, -0.15) is 15.0 Å². The Balaban J connectivity index is 1.81. The molecule has 2 heterocycles. The van der Waals surface area contributed by atoms with Crippen LogP contribution in [0.15, 0.2) is 59.3 Å². The van der Waals surface area contributed by atoms with Crippen LogP contribution in [0.4, 0.5) is 0 Å². The van der Waals surface area contributed by atoms with E-state index in [0.29, 0.717) is 6.42 Å². The SMILES string of the molecule is NNC(Cc1ccco1)c1cnn(-c2ccccc2)n1. The summed E-state index contributed by atoms with van der Waals surface area (Å²) in [5, 5.41) is 8.72. The third-order valence-corrected chi connectivity index (χ3v) is 3.04. The molecule has 0 spiro atoms. The highest BCUT2D eigenvalue weighted by Gasteiger charge is 2.16. The summed E-state index contributed by atoms with van der Waals surface area (Å²) in [6.07, 6.45) is 3.97. The molecule has 1 aromatic carbocycles. The number of rotatable bonds is 5. The van der Waals surface area contributed by atoms with Crippen LogP contribution in [0.1, 0.15) is 17.5 Å². The zero-order chi connectivity index (χ0) is 13.8. The summed E-state index contributed by atoms with van der Waals surface area (Å²) in [7, 11) is 0. The fraction of sp³-hybridized carbons (Fsp3) is 0.143. The lowest BCUT2D eigenvalue weighted by atomic mass is 10.1. The summed E-state index contributed by atoms with van der Waals surface area (Å²) in [4.78, 5) is 1.59. The molecule has 2 aromatic heterocycles. The molecule has 1 unspecified atom stereocenters. The van der Waals surface area contributed by atoms with Crippen molar-refractivity contribution in [3.63, 3.8) is 0 Å². The lowest BCUT2D eigenvalue weighted by molar-refractivity contribution is 0.448. The van der Waals surface area contributed by atoms with Gasteiger partial charge in [-0.3, -0.25) is 11.3 Å². The Kier molecular flexibility index (Phi) is 3.58. The van der Waals surface area contributed by atoms with Gasteiger partial charge in [-0.15, -0.1) is 0 Å². The van der Waals surface area contributed by atoms with Gasteiger partial charge in [0.2, 0.25) is 0 Å². The van der Waals surface area contributed by atoms with Gasteiger partial charge in [-0.1, -0.05) is 18.2 Å². The summed E-state index contributed by atoms with van der Waals surface area (Å²) in [6.45, 7) is 0. The molecular weight excluding hydrogens is 254 g/mol. The van der Waals surface area contributed by atoms with Crippen molar-refractivity contribution in [3.05, 3.63) is 66.4 Å². The van der Waals surface area contributed by atoms with Crippen LogP contribution in [-0.4, -0.2) is 15.0 Å². The smallest absolute Gasteiger partial charge is 0.105 e. The van der Waals surface area contributed by atoms with E-state index in [-0.39, 0.29) is 6.04 Å². The number of nitrogens with zero attached hydrogens (tertiary/aromatic N) is 3. The Hall–Kier alpha value is -2.44. The summed E-state index contributed by atoms with van der Waals surface area (Å²) in [6, 6.07) is 13.4. The first kappa shape index (κ1) is 12.6. The van der Waals surface area contributed by atoms with E-state index in [1.165, 1.54) is 0 Å². The number of nitrogens with one attached hydrogen (secondary N) is 1. The number of benzene rings is 1. The summed E-state index contributed by atoms with van der Waals surface area (Å²) in [5.74, 6) is 6.45. The zero-order valence-corrected chi connectivity index (χ0v) is 10.8. The lowest BCUT2D eigenvalue weighted by Crippen LogP contribution is -2.29. The standard InChI is InChI=1S/C14H15N5O/c15-17-13(9-12-7-4-8-20-12)14-10-16-19(18-14)11-5-2-1-3-6-11/h1-8,10,13,17H,9,15H2. The molecule has 3 N–H and O–H groups in total. The van der Waals surface area contributed by atoms with E-state index in [1.807, 2.05) is 42.5 Å². The fourth-order valence-corrected chi connectivity index (χ4v) is 2.00. The average molecular weight is 269 g/mol. The van der Waals surface area contributed by atoms with Gasteiger partial charge in [-0.05, 0) is 24.3 Å². The van der Waals surface area contributed by atoms with Gasteiger partial charge in [0.25, 0.3) is 0 Å². The average Bonchev–Trinajstić information content (AvgIpc) is 3.17. The number of nitrogens with two attached hydrogens (primary N) is 1. The van der Waals surface area contributed by atoms with Crippen molar-refractivity contribution < 1.29 is 4.42 Å². The molecule has 0 fully saturated rings. The molecule has 3 aromatic rings. The van der Waals surface area contributed by atoms with Crippen molar-refractivity contribution in [1.82, 2.24) is 20.4 Å². The van der Waals surface area contributed by atoms with Gasteiger partial charge >= 0.3 is 0 Å². The van der Waals surface area contributed by atoms with Crippen LogP contribution in [0.2, 0.25) is 0 Å². The highest BCUT2D eigenvalue weighted by Crippen LogP contribution is 2.16. The third kappa shape index (κ3) is 2.61. The molecule has 0 radical (unpaired) electrons. The number of hydrogen-bond acceptors (Lipinski definition) is 5. The quantitative estimate of drug-likeness (QED) is 0.543. The maximum Gasteiger partial charge on any atom is 0.105 e. The van der Waals surface area contributed by atoms with Gasteiger partial charge in [0.05, 0.1) is 24.2 Å². The maximum absolute atomic E-state index is 5.60. The second kappa shape index (κ2) is 5.68. The van der Waals surface area contributed by atoms with Gasteiger partial charge in [0, 0.05) is 6.42 Å². The molecule has 6 heteroatoms. The van der Waals surface area contributed by atoms with Crippen molar-refractivity contribution in [3.8, 4) is 5.69 Å². The van der Waals surface area contributed by atoms with Crippen molar-refractivity contribution in [2.45, 2.75) is 12.5 Å². The van der Waals surface area contributed by atoms with Crippen LogP contribution in [0.5, 0.6) is 0 Å². The number of hydrazine groups is 1. The molecular formula is C14H15N5O. The second-order valence-electron chi connectivity index (χ2n) is 4.40. The minimum Gasteiger partial charge on any atom is -0.469 e. The number of aromatic nitrogens is 3. The highest BCUT2D eigenvalue weighted by atomic mass is 16.3. The van der Waals surface area contributed by atoms with E-state index in [1.54, 1.807) is 17.3 Å². The first-order valence-electron chi connectivity index (χ1n) is 6.33. The molecule has 0 saturated heterocycles. The van der Waals surface area contributed by atoms with E-state index in [4.69, 9.17) is 10.3 Å². The van der Waals surface area contributed by atoms with Crippen LogP contribution in [-0.2, 0) is 6.42 Å². The second-order valence-corrected chi connectivity index (χ2v) is 4.40. The van der Waals surface area contributed by atoms with E-state index in [9.17, 15) is 0 Å². The molecule has 3 rings (SSSR count).